The summed E-state index contributed by atoms with van der Waals surface area (Å²) in [5, 5.41) is 0. The SMILES string of the molecule is COc1cc(C=C2OCC3=COC[C@@H](c4ccc(F)cc4)N3C2=O)ccc1-n1cnc(C)c1. The van der Waals surface area contributed by atoms with E-state index in [0.717, 1.165) is 22.5 Å². The summed E-state index contributed by atoms with van der Waals surface area (Å²) in [7, 11) is 1.60. The van der Waals surface area contributed by atoms with E-state index < -0.39 is 0 Å². The van der Waals surface area contributed by atoms with Crippen LogP contribution in [0.1, 0.15) is 22.9 Å². The van der Waals surface area contributed by atoms with Crippen LogP contribution >= 0.6 is 0 Å². The highest BCUT2D eigenvalue weighted by molar-refractivity contribution is 5.98. The zero-order chi connectivity index (χ0) is 22.9. The number of halogens is 1. The molecular formula is C25H22FN3O4. The first-order valence-electron chi connectivity index (χ1n) is 10.5. The van der Waals surface area contributed by atoms with Crippen molar-refractivity contribution in [3.05, 3.63) is 95.3 Å². The molecule has 0 N–H and O–H groups in total. The Balaban J connectivity index is 1.46. The Kier molecular flexibility index (Phi) is 5.34. The van der Waals surface area contributed by atoms with E-state index in [1.165, 1.54) is 12.1 Å². The number of rotatable bonds is 4. The smallest absolute Gasteiger partial charge is 0.294 e. The number of carbonyl (C=O) groups is 1. The van der Waals surface area contributed by atoms with Gasteiger partial charge in [-0.15, -0.1) is 0 Å². The fraction of sp³-hybridized carbons (Fsp3) is 0.200. The van der Waals surface area contributed by atoms with Crippen molar-refractivity contribution in [3.8, 4) is 11.4 Å². The van der Waals surface area contributed by atoms with Crippen molar-refractivity contribution >= 4 is 12.0 Å². The summed E-state index contributed by atoms with van der Waals surface area (Å²) in [6.45, 7) is 2.39. The second-order valence-electron chi connectivity index (χ2n) is 7.84. The van der Waals surface area contributed by atoms with Crippen LogP contribution in [0.2, 0.25) is 0 Å². The topological polar surface area (TPSA) is 65.8 Å². The van der Waals surface area contributed by atoms with Crippen LogP contribution < -0.4 is 4.74 Å². The lowest BCUT2D eigenvalue weighted by Crippen LogP contribution is -2.44. The van der Waals surface area contributed by atoms with Crippen LogP contribution in [0.15, 0.2) is 72.7 Å². The number of amides is 1. The molecule has 3 aromatic rings. The summed E-state index contributed by atoms with van der Waals surface area (Å²) in [5.74, 6) is 0.248. The maximum absolute atomic E-state index is 13.4. The molecule has 1 amide bonds. The summed E-state index contributed by atoms with van der Waals surface area (Å²) in [4.78, 5) is 19.3. The lowest BCUT2D eigenvalue weighted by molar-refractivity contribution is -0.137. The van der Waals surface area contributed by atoms with Gasteiger partial charge in [0.15, 0.2) is 5.76 Å². The predicted octanol–water partition coefficient (Wildman–Crippen LogP) is 4.14. The minimum Gasteiger partial charge on any atom is -0.497 e. The first kappa shape index (κ1) is 20.8. The second kappa shape index (κ2) is 8.46. The number of ether oxygens (including phenoxy) is 3. The Bertz CT molecular complexity index is 1260. The molecule has 1 fully saturated rings. The molecule has 1 saturated heterocycles. The van der Waals surface area contributed by atoms with E-state index in [2.05, 4.69) is 4.98 Å². The number of imidazole rings is 1. The molecule has 0 spiro atoms. The molecule has 0 radical (unpaired) electrons. The molecule has 0 saturated carbocycles. The number of hydrogen-bond acceptors (Lipinski definition) is 5. The molecule has 0 unspecified atom stereocenters. The third kappa shape index (κ3) is 3.95. The van der Waals surface area contributed by atoms with Gasteiger partial charge in [0, 0.05) is 6.20 Å². The predicted molar refractivity (Wildman–Crippen MR) is 119 cm³/mol. The molecule has 2 aliphatic rings. The van der Waals surface area contributed by atoms with Gasteiger partial charge in [-0.1, -0.05) is 18.2 Å². The number of hydrogen-bond donors (Lipinski definition) is 0. The fourth-order valence-electron chi connectivity index (χ4n) is 4.01. The Morgan fingerprint density at radius 1 is 1.21 bits per heavy atom. The standard InChI is InChI=1S/C25H22FN3O4/c1-16-11-28(15-27-16)21-8-3-17(9-23(21)31-2)10-24-25(30)29-20(13-33-24)12-32-14-22(29)18-4-6-19(26)7-5-18/h3-12,15,22H,13-14H2,1-2H3/t22-/m0/s1. The quantitative estimate of drug-likeness (QED) is 0.563. The summed E-state index contributed by atoms with van der Waals surface area (Å²) in [6, 6.07) is 11.4. The van der Waals surface area contributed by atoms with Gasteiger partial charge < -0.3 is 18.8 Å². The van der Waals surface area contributed by atoms with Crippen LogP contribution in [-0.4, -0.2) is 40.7 Å². The van der Waals surface area contributed by atoms with Gasteiger partial charge in [-0.05, 0) is 48.4 Å². The zero-order valence-corrected chi connectivity index (χ0v) is 18.2. The number of carbonyl (C=O) groups excluding carboxylic acids is 1. The van der Waals surface area contributed by atoms with E-state index in [1.54, 1.807) is 42.8 Å². The van der Waals surface area contributed by atoms with Gasteiger partial charge in [-0.25, -0.2) is 9.37 Å². The Labute approximate surface area is 190 Å². The summed E-state index contributed by atoms with van der Waals surface area (Å²) in [5.41, 5.74) is 3.91. The van der Waals surface area contributed by atoms with Gasteiger partial charge in [0.2, 0.25) is 0 Å². The van der Waals surface area contributed by atoms with Gasteiger partial charge in [0.1, 0.15) is 31.0 Å². The number of aromatic nitrogens is 2. The number of methoxy groups -OCH3 is 1. The maximum atomic E-state index is 13.4. The molecule has 5 rings (SSSR count). The van der Waals surface area contributed by atoms with Crippen molar-refractivity contribution in [2.24, 2.45) is 0 Å². The fourth-order valence-corrected chi connectivity index (χ4v) is 4.01. The zero-order valence-electron chi connectivity index (χ0n) is 18.2. The summed E-state index contributed by atoms with van der Waals surface area (Å²) in [6.07, 6.45) is 6.87. The molecule has 0 aliphatic carbocycles. The van der Waals surface area contributed by atoms with Crippen molar-refractivity contribution in [2.45, 2.75) is 13.0 Å². The first-order valence-corrected chi connectivity index (χ1v) is 10.5. The van der Waals surface area contributed by atoms with Crippen molar-refractivity contribution in [3.63, 3.8) is 0 Å². The van der Waals surface area contributed by atoms with E-state index in [1.807, 2.05) is 35.9 Å². The molecule has 168 valence electrons. The highest BCUT2D eigenvalue weighted by Gasteiger charge is 2.38. The number of benzene rings is 2. The van der Waals surface area contributed by atoms with Crippen LogP contribution in [0.4, 0.5) is 4.39 Å². The van der Waals surface area contributed by atoms with Gasteiger partial charge >= 0.3 is 0 Å². The molecule has 1 atom stereocenters. The van der Waals surface area contributed by atoms with Crippen molar-refractivity contribution < 1.29 is 23.4 Å². The van der Waals surface area contributed by atoms with Gasteiger partial charge in [0.05, 0.1) is 36.6 Å². The average Bonchev–Trinajstić information content (AvgIpc) is 3.27. The Morgan fingerprint density at radius 3 is 2.76 bits per heavy atom. The van der Waals surface area contributed by atoms with E-state index in [9.17, 15) is 9.18 Å². The number of fused-ring (bicyclic) bond motifs is 1. The van der Waals surface area contributed by atoms with E-state index in [-0.39, 0.29) is 36.7 Å². The van der Waals surface area contributed by atoms with Crippen LogP contribution in [-0.2, 0) is 14.3 Å². The molecule has 3 heterocycles. The van der Waals surface area contributed by atoms with Gasteiger partial charge in [-0.3, -0.25) is 9.69 Å². The van der Waals surface area contributed by atoms with Crippen molar-refractivity contribution in [1.29, 1.82) is 0 Å². The largest absolute Gasteiger partial charge is 0.497 e. The molecule has 7 nitrogen and oxygen atoms in total. The second-order valence-corrected chi connectivity index (χ2v) is 7.84. The highest BCUT2D eigenvalue weighted by atomic mass is 19.1. The summed E-state index contributed by atoms with van der Waals surface area (Å²) >= 11 is 0. The van der Waals surface area contributed by atoms with E-state index in [4.69, 9.17) is 14.2 Å². The molecule has 0 bridgehead atoms. The van der Waals surface area contributed by atoms with Crippen LogP contribution in [0.5, 0.6) is 5.75 Å². The molecule has 1 aromatic heterocycles. The minimum atomic E-state index is -0.369. The first-order chi connectivity index (χ1) is 16.0. The Morgan fingerprint density at radius 2 is 2.03 bits per heavy atom. The van der Waals surface area contributed by atoms with E-state index in [0.29, 0.717) is 11.4 Å². The maximum Gasteiger partial charge on any atom is 0.294 e. The minimum absolute atomic E-state index is 0.193. The number of morpholine rings is 1. The van der Waals surface area contributed by atoms with Crippen molar-refractivity contribution in [2.75, 3.05) is 20.3 Å². The van der Waals surface area contributed by atoms with Crippen LogP contribution in [0.25, 0.3) is 11.8 Å². The molecule has 2 aromatic carbocycles. The van der Waals surface area contributed by atoms with Gasteiger partial charge in [0.25, 0.3) is 5.91 Å². The molecular weight excluding hydrogens is 425 g/mol. The third-order valence-corrected chi connectivity index (χ3v) is 5.65. The summed E-state index contributed by atoms with van der Waals surface area (Å²) < 4.78 is 32.2. The number of nitrogens with zero attached hydrogens (tertiary/aromatic N) is 3. The van der Waals surface area contributed by atoms with Crippen LogP contribution in [0.3, 0.4) is 0 Å². The lowest BCUT2D eigenvalue weighted by Gasteiger charge is -2.39. The normalized spacial score (nSPS) is 18.9. The lowest BCUT2D eigenvalue weighted by atomic mass is 10.0. The average molecular weight is 447 g/mol. The van der Waals surface area contributed by atoms with Crippen molar-refractivity contribution in [1.82, 2.24) is 14.5 Å². The third-order valence-electron chi connectivity index (χ3n) is 5.65. The number of aryl methyl sites for hydroxylation is 1. The van der Waals surface area contributed by atoms with E-state index >= 15 is 0 Å². The monoisotopic (exact) mass is 447 g/mol. The Hall–Kier alpha value is -4.07. The van der Waals surface area contributed by atoms with Crippen LogP contribution in [0, 0.1) is 12.7 Å². The van der Waals surface area contributed by atoms with Gasteiger partial charge in [-0.2, -0.15) is 0 Å². The molecule has 8 heteroatoms. The highest BCUT2D eigenvalue weighted by Crippen LogP contribution is 2.35. The molecule has 2 aliphatic heterocycles. The molecule has 33 heavy (non-hydrogen) atoms.